The van der Waals surface area contributed by atoms with Crippen molar-refractivity contribution in [2.24, 2.45) is 5.92 Å². The highest BCUT2D eigenvalue weighted by atomic mass is 32.7. The number of aromatic nitrogens is 6. The van der Waals surface area contributed by atoms with Crippen LogP contribution in [-0.2, 0) is 32.0 Å². The molecule has 0 aromatic carbocycles. The number of ether oxygens (including phenoxy) is 1. The molecule has 1 aliphatic carbocycles. The predicted octanol–water partition coefficient (Wildman–Crippen LogP) is 1.48. The third kappa shape index (κ3) is 5.97. The van der Waals surface area contributed by atoms with Crippen LogP contribution in [-0.4, -0.2) is 84.4 Å². The van der Waals surface area contributed by atoms with Gasteiger partial charge in [-0.3, -0.25) is 27.9 Å². The highest BCUT2D eigenvalue weighted by Gasteiger charge is 2.52. The van der Waals surface area contributed by atoms with E-state index in [2.05, 4.69) is 54.7 Å². The first-order valence-corrected chi connectivity index (χ1v) is 17.8. The molecule has 228 valence electrons. The molecule has 0 amide bonds. The highest BCUT2D eigenvalue weighted by Crippen LogP contribution is 2.60. The van der Waals surface area contributed by atoms with E-state index in [1.807, 2.05) is 0 Å². The summed E-state index contributed by atoms with van der Waals surface area (Å²) in [6.07, 6.45) is -4.61. The van der Waals surface area contributed by atoms with Crippen molar-refractivity contribution in [1.29, 1.82) is 0 Å². The van der Waals surface area contributed by atoms with Gasteiger partial charge < -0.3 is 25.4 Å². The van der Waals surface area contributed by atoms with E-state index >= 15 is 4.39 Å². The maximum atomic E-state index is 15.6. The number of nitrogens with zero attached hydrogens (tertiary/aromatic N) is 5. The molecule has 3 aromatic rings. The van der Waals surface area contributed by atoms with E-state index in [1.54, 1.807) is 6.07 Å². The zero-order chi connectivity index (χ0) is 29.8. The molecule has 2 bridgehead atoms. The van der Waals surface area contributed by atoms with Gasteiger partial charge >= 0.3 is 13.6 Å². The summed E-state index contributed by atoms with van der Waals surface area (Å²) in [5.74, 6) is -0.674. The summed E-state index contributed by atoms with van der Waals surface area (Å²) in [6.45, 7) is -9.50. The molecule has 0 unspecified atom stereocenters. The maximum absolute atomic E-state index is 15.6. The number of nitrogens with two attached hydrogens (primary N) is 1. The Morgan fingerprint density at radius 3 is 2.64 bits per heavy atom. The molecule has 10 atom stereocenters. The molecule has 3 aliphatic rings. The summed E-state index contributed by atoms with van der Waals surface area (Å²) < 4.78 is 71.6. The van der Waals surface area contributed by atoms with Gasteiger partial charge in [0.15, 0.2) is 17.4 Å². The number of thiol groups is 2. The number of aliphatic hydroxyl groups excluding tert-OH is 1. The molecule has 5 heterocycles. The molecule has 5 N–H and O–H groups in total. The molecule has 6 rings (SSSR count). The fourth-order valence-electron chi connectivity index (χ4n) is 5.14. The number of aromatic amines is 1. The maximum Gasteiger partial charge on any atom is 0.386 e. The van der Waals surface area contributed by atoms with Crippen molar-refractivity contribution in [2.45, 2.75) is 49.3 Å². The second-order valence-electron chi connectivity index (χ2n) is 9.79. The molecule has 3 aromatic heterocycles. The number of hydrogen-bond acceptors (Lipinski definition) is 15. The number of hydrogen-bond donors (Lipinski definition) is 6. The number of halogens is 1. The fourth-order valence-corrected chi connectivity index (χ4v) is 8.16. The molecule has 1 saturated carbocycles. The molecule has 42 heavy (non-hydrogen) atoms. The summed E-state index contributed by atoms with van der Waals surface area (Å²) in [4.78, 5) is 30.5. The van der Waals surface area contributed by atoms with Gasteiger partial charge in [-0.1, -0.05) is 24.5 Å². The Morgan fingerprint density at radius 2 is 1.90 bits per heavy atom. The van der Waals surface area contributed by atoms with Crippen molar-refractivity contribution in [1.82, 2.24) is 29.5 Å². The van der Waals surface area contributed by atoms with Gasteiger partial charge in [0.1, 0.15) is 42.7 Å². The number of H-pyrrole nitrogens is 1. The van der Waals surface area contributed by atoms with Crippen molar-refractivity contribution < 1.29 is 41.5 Å². The van der Waals surface area contributed by atoms with Crippen LogP contribution in [0, 0.1) is 5.92 Å². The van der Waals surface area contributed by atoms with Crippen LogP contribution in [0.15, 0.2) is 29.7 Å². The first-order valence-electron chi connectivity index (χ1n) is 12.4. The van der Waals surface area contributed by atoms with Gasteiger partial charge in [-0.2, -0.15) is 4.98 Å². The van der Waals surface area contributed by atoms with Crippen LogP contribution >= 0.6 is 38.1 Å². The van der Waals surface area contributed by atoms with Gasteiger partial charge in [0.2, 0.25) is 5.95 Å². The zero-order valence-corrected chi connectivity index (χ0v) is 24.8. The zero-order valence-electron chi connectivity index (χ0n) is 21.2. The Kier molecular flexibility index (Phi) is 8.14. The van der Waals surface area contributed by atoms with Gasteiger partial charge in [0.25, 0.3) is 5.56 Å². The summed E-state index contributed by atoms with van der Waals surface area (Å²) in [5, 5.41) is 14.0. The Bertz CT molecular complexity index is 1620. The first-order chi connectivity index (χ1) is 19.9. The van der Waals surface area contributed by atoms with Crippen LogP contribution in [0.1, 0.15) is 12.6 Å². The number of rotatable bonds is 3. The van der Waals surface area contributed by atoms with Crippen LogP contribution in [0.4, 0.5) is 16.2 Å². The molecular weight excluding hydrogens is 641 g/mol. The monoisotopic (exact) mass is 666 g/mol. The molecule has 2 aliphatic heterocycles. The average molecular weight is 667 g/mol. The van der Waals surface area contributed by atoms with E-state index in [4.69, 9.17) is 28.6 Å². The summed E-state index contributed by atoms with van der Waals surface area (Å²) >= 11 is 8.09. The van der Waals surface area contributed by atoms with Crippen molar-refractivity contribution >= 4 is 61.0 Å². The largest absolute Gasteiger partial charge is 0.387 e. The van der Waals surface area contributed by atoms with Gasteiger partial charge in [-0.05, 0) is 12.5 Å². The third-order valence-corrected chi connectivity index (χ3v) is 10.3. The number of imidazole rings is 1. The van der Waals surface area contributed by atoms with Gasteiger partial charge in [-0.15, -0.1) is 0 Å². The van der Waals surface area contributed by atoms with E-state index in [1.165, 1.54) is 23.4 Å². The van der Waals surface area contributed by atoms with E-state index in [-0.39, 0.29) is 23.5 Å². The SMILES string of the molecule is Nc1nc2c(ncn2[C@@H]2O[C@@H]3CO[P@](=O)(S)O[C@@H]4[C@@H](CO[P@@](=O)(S)O[C@@H]2[C@@H]3O)C[C@@H](Nc2ccncn2)[C@@H]4F)c(=O)[nH]1. The fraction of sp³-hybridized carbons (Fsp3) is 0.550. The molecule has 0 radical (unpaired) electrons. The Labute approximate surface area is 246 Å². The standard InChI is InChI=1S/C20H25FN8O9P2S2/c21-12-9(26-11-1-2-23-6-24-11)3-8-4-34-39(32,41)38-16-14(30)10(5-35-40(33,42)37-15(8)12)36-19(16)29-7-25-13-17(29)27-20(22)28-18(13)31/h1-2,6-10,12,14-16,19,30H,3-5H2,(H,32,41)(H,33,42)(H,23,24,26)(H3,22,27,28,31)/t8-,9-,10-,12+,14-,15-,16-,19-,39-,40+/m1/s1. The lowest BCUT2D eigenvalue weighted by Gasteiger charge is -2.27. The minimum Gasteiger partial charge on any atom is -0.387 e. The first kappa shape index (κ1) is 29.9. The van der Waals surface area contributed by atoms with Crippen LogP contribution in [0.2, 0.25) is 0 Å². The van der Waals surface area contributed by atoms with Crippen molar-refractivity contribution in [3.8, 4) is 0 Å². The Balaban J connectivity index is 1.29. The van der Waals surface area contributed by atoms with E-state index in [0.717, 1.165) is 0 Å². The van der Waals surface area contributed by atoms with Gasteiger partial charge in [0, 0.05) is 12.1 Å². The molecule has 22 heteroatoms. The minimum atomic E-state index is -4.28. The van der Waals surface area contributed by atoms with Crippen LogP contribution in [0.5, 0.6) is 0 Å². The summed E-state index contributed by atoms with van der Waals surface area (Å²) in [7, 11) is 0. The van der Waals surface area contributed by atoms with Crippen LogP contribution in [0.25, 0.3) is 11.2 Å². The average Bonchev–Trinajstić information content (AvgIpc) is 3.57. The van der Waals surface area contributed by atoms with Gasteiger partial charge in [0.05, 0.1) is 25.6 Å². The number of nitrogens with one attached hydrogen (secondary N) is 2. The Morgan fingerprint density at radius 1 is 1.17 bits per heavy atom. The highest BCUT2D eigenvalue weighted by molar-refractivity contribution is 8.44. The van der Waals surface area contributed by atoms with E-state index in [0.29, 0.717) is 5.82 Å². The van der Waals surface area contributed by atoms with Crippen molar-refractivity contribution in [2.75, 3.05) is 24.3 Å². The van der Waals surface area contributed by atoms with Crippen LogP contribution < -0.4 is 16.6 Å². The number of nitrogen functional groups attached to an aromatic ring is 1. The molecule has 2 saturated heterocycles. The summed E-state index contributed by atoms with van der Waals surface area (Å²) in [6, 6.07) is 0.685. The molecule has 0 spiro atoms. The molecular formula is C20H25FN8O9P2S2. The lowest BCUT2D eigenvalue weighted by molar-refractivity contribution is -0.0498. The molecule has 17 nitrogen and oxygen atoms in total. The lowest BCUT2D eigenvalue weighted by atomic mass is 10.1. The quantitative estimate of drug-likeness (QED) is 0.172. The normalized spacial score (nSPS) is 39.2. The number of alkyl halides is 1. The Hall–Kier alpha value is -2.12. The van der Waals surface area contributed by atoms with Crippen molar-refractivity contribution in [3.05, 3.63) is 35.3 Å². The smallest absolute Gasteiger partial charge is 0.386 e. The summed E-state index contributed by atoms with van der Waals surface area (Å²) in [5.41, 5.74) is 4.95. The third-order valence-electron chi connectivity index (χ3n) is 7.04. The molecule has 3 fully saturated rings. The predicted molar refractivity (Wildman–Crippen MR) is 150 cm³/mol. The van der Waals surface area contributed by atoms with E-state index in [9.17, 15) is 19.0 Å². The number of fused-ring (bicyclic) bond motifs is 4. The second-order valence-corrected chi connectivity index (χ2v) is 15.5. The van der Waals surface area contributed by atoms with E-state index < -0.39 is 81.1 Å². The number of anilines is 2. The van der Waals surface area contributed by atoms with Crippen LogP contribution in [0.3, 0.4) is 0 Å². The topological polar surface area (TPSA) is 228 Å². The second kappa shape index (κ2) is 11.4. The lowest BCUT2D eigenvalue weighted by Crippen LogP contribution is -2.35. The van der Waals surface area contributed by atoms with Gasteiger partial charge in [-0.25, -0.2) is 28.5 Å². The number of aliphatic hydroxyl groups is 1. The minimum absolute atomic E-state index is 0.0205. The van der Waals surface area contributed by atoms with Crippen molar-refractivity contribution in [3.63, 3.8) is 0 Å².